The van der Waals surface area contributed by atoms with E-state index in [2.05, 4.69) is 58.5 Å². The molecule has 3 nitrogen and oxygen atoms in total. The molecule has 1 aromatic heterocycles. The maximum absolute atomic E-state index is 5.18. The van der Waals surface area contributed by atoms with E-state index in [0.29, 0.717) is 0 Å². The Balaban J connectivity index is 1.49. The molecule has 0 aliphatic rings. The normalized spacial score (nSPS) is 11.0. The van der Waals surface area contributed by atoms with E-state index in [1.54, 1.807) is 7.11 Å². The number of rotatable bonds is 5. The summed E-state index contributed by atoms with van der Waals surface area (Å²) < 4.78 is 5.18. The highest BCUT2D eigenvalue weighted by Crippen LogP contribution is 2.24. The summed E-state index contributed by atoms with van der Waals surface area (Å²) in [5, 5.41) is 0. The maximum Gasteiger partial charge on any atom is 0.130 e. The van der Waals surface area contributed by atoms with Crippen molar-refractivity contribution in [1.82, 2.24) is 9.97 Å². The van der Waals surface area contributed by atoms with Gasteiger partial charge in [0.2, 0.25) is 0 Å². The Morgan fingerprint density at radius 1 is 0.741 bits per heavy atom. The van der Waals surface area contributed by atoms with E-state index in [0.717, 1.165) is 28.4 Å². The fourth-order valence-electron chi connectivity index (χ4n) is 2.92. The van der Waals surface area contributed by atoms with Gasteiger partial charge in [-0.05, 0) is 34.9 Å². The summed E-state index contributed by atoms with van der Waals surface area (Å²) in [5.74, 6) is 1.68. The van der Waals surface area contributed by atoms with Gasteiger partial charge in [0.05, 0.1) is 12.8 Å². The molecular formula is C24H20N2O. The van der Waals surface area contributed by atoms with Crippen LogP contribution < -0.4 is 4.74 Å². The second kappa shape index (κ2) is 7.75. The summed E-state index contributed by atoms with van der Waals surface area (Å²) in [4.78, 5) is 7.89. The highest BCUT2D eigenvalue weighted by atomic mass is 16.5. The molecule has 0 amide bonds. The molecule has 0 spiro atoms. The van der Waals surface area contributed by atoms with E-state index in [-0.39, 0.29) is 0 Å². The van der Waals surface area contributed by atoms with Crippen LogP contribution in [-0.2, 0) is 0 Å². The molecule has 0 unspecified atom stereocenters. The number of H-pyrrole nitrogens is 1. The minimum atomic E-state index is 0.827. The lowest BCUT2D eigenvalue weighted by atomic mass is 10.0. The highest BCUT2D eigenvalue weighted by molar-refractivity contribution is 5.71. The van der Waals surface area contributed by atoms with Crippen LogP contribution in [0.5, 0.6) is 5.75 Å². The predicted molar refractivity (Wildman–Crippen MR) is 111 cm³/mol. The van der Waals surface area contributed by atoms with Crippen molar-refractivity contribution in [2.24, 2.45) is 0 Å². The molecule has 4 aromatic rings. The molecule has 0 radical (unpaired) electrons. The molecule has 3 aromatic carbocycles. The summed E-state index contributed by atoms with van der Waals surface area (Å²) in [6.07, 6.45) is 5.94. The summed E-state index contributed by atoms with van der Waals surface area (Å²) in [7, 11) is 1.67. The summed E-state index contributed by atoms with van der Waals surface area (Å²) in [6, 6.07) is 26.8. The van der Waals surface area contributed by atoms with Crippen LogP contribution in [0, 0.1) is 0 Å². The van der Waals surface area contributed by atoms with Gasteiger partial charge < -0.3 is 9.72 Å². The van der Waals surface area contributed by atoms with E-state index >= 15 is 0 Å². The number of nitrogens with zero attached hydrogens (tertiary/aromatic N) is 1. The Hall–Kier alpha value is -3.59. The fourth-order valence-corrected chi connectivity index (χ4v) is 2.92. The first-order chi connectivity index (χ1) is 13.3. The molecule has 0 bridgehead atoms. The zero-order chi connectivity index (χ0) is 18.5. The molecular weight excluding hydrogens is 332 g/mol. The molecule has 0 aliphatic carbocycles. The van der Waals surface area contributed by atoms with Crippen LogP contribution in [-0.4, -0.2) is 17.1 Å². The van der Waals surface area contributed by atoms with Crippen molar-refractivity contribution in [3.63, 3.8) is 0 Å². The number of benzene rings is 3. The molecule has 3 heteroatoms. The van der Waals surface area contributed by atoms with E-state index in [4.69, 9.17) is 4.74 Å². The van der Waals surface area contributed by atoms with Gasteiger partial charge in [-0.3, -0.25) is 0 Å². The van der Waals surface area contributed by atoms with Crippen molar-refractivity contribution in [2.75, 3.05) is 7.11 Å². The number of hydrogen-bond acceptors (Lipinski definition) is 2. The number of hydrogen-bond donors (Lipinski definition) is 1. The van der Waals surface area contributed by atoms with Gasteiger partial charge in [-0.2, -0.15) is 0 Å². The summed E-state index contributed by atoms with van der Waals surface area (Å²) in [6.45, 7) is 0. The summed E-state index contributed by atoms with van der Waals surface area (Å²) in [5.41, 5.74) is 5.55. The smallest absolute Gasteiger partial charge is 0.130 e. The first kappa shape index (κ1) is 16.9. The molecule has 0 saturated heterocycles. The Bertz CT molecular complexity index is 1030. The minimum Gasteiger partial charge on any atom is -0.497 e. The van der Waals surface area contributed by atoms with Gasteiger partial charge in [0.25, 0.3) is 0 Å². The molecule has 0 aliphatic heterocycles. The third kappa shape index (κ3) is 3.98. The van der Waals surface area contributed by atoms with Crippen molar-refractivity contribution < 1.29 is 4.74 Å². The SMILES string of the molecule is COc1ccc(/C=C/c2nc(-c3ccc(-c4ccccc4)cc3)c[nH]2)cc1. The Kier molecular flexibility index (Phi) is 4.84. The van der Waals surface area contributed by atoms with Crippen LogP contribution in [0.3, 0.4) is 0 Å². The molecule has 0 atom stereocenters. The third-order valence-corrected chi connectivity index (χ3v) is 4.43. The zero-order valence-electron chi connectivity index (χ0n) is 15.1. The monoisotopic (exact) mass is 352 g/mol. The van der Waals surface area contributed by atoms with E-state index in [9.17, 15) is 0 Å². The Labute approximate surface area is 159 Å². The maximum atomic E-state index is 5.18. The van der Waals surface area contributed by atoms with Gasteiger partial charge >= 0.3 is 0 Å². The predicted octanol–water partition coefficient (Wildman–Crippen LogP) is 5.92. The second-order valence-corrected chi connectivity index (χ2v) is 6.22. The number of imidazole rings is 1. The quantitative estimate of drug-likeness (QED) is 0.484. The first-order valence-electron chi connectivity index (χ1n) is 8.85. The number of methoxy groups -OCH3 is 1. The van der Waals surface area contributed by atoms with Crippen LogP contribution >= 0.6 is 0 Å². The van der Waals surface area contributed by atoms with E-state index in [1.165, 1.54) is 11.1 Å². The van der Waals surface area contributed by atoms with Crippen molar-refractivity contribution in [2.45, 2.75) is 0 Å². The number of aromatic nitrogens is 2. The topological polar surface area (TPSA) is 37.9 Å². The zero-order valence-corrected chi connectivity index (χ0v) is 15.1. The Morgan fingerprint density at radius 3 is 2.11 bits per heavy atom. The molecule has 1 heterocycles. The molecule has 4 rings (SSSR count). The summed E-state index contributed by atoms with van der Waals surface area (Å²) >= 11 is 0. The molecule has 132 valence electrons. The average Bonchev–Trinajstić information content (AvgIpc) is 3.22. The first-order valence-corrected chi connectivity index (χ1v) is 8.85. The molecule has 0 fully saturated rings. The van der Waals surface area contributed by atoms with Crippen molar-refractivity contribution in [3.05, 3.63) is 96.4 Å². The highest BCUT2D eigenvalue weighted by Gasteiger charge is 2.03. The van der Waals surface area contributed by atoms with E-state index < -0.39 is 0 Å². The minimum absolute atomic E-state index is 0.827. The largest absolute Gasteiger partial charge is 0.497 e. The number of aromatic amines is 1. The van der Waals surface area contributed by atoms with Gasteiger partial charge in [-0.15, -0.1) is 0 Å². The van der Waals surface area contributed by atoms with Crippen LogP contribution in [0.1, 0.15) is 11.4 Å². The average molecular weight is 352 g/mol. The number of nitrogens with one attached hydrogen (secondary N) is 1. The van der Waals surface area contributed by atoms with Crippen molar-refractivity contribution in [3.8, 4) is 28.1 Å². The lowest BCUT2D eigenvalue weighted by Crippen LogP contribution is -1.82. The lowest BCUT2D eigenvalue weighted by molar-refractivity contribution is 0.415. The van der Waals surface area contributed by atoms with Crippen molar-refractivity contribution >= 4 is 12.2 Å². The van der Waals surface area contributed by atoms with Crippen LogP contribution in [0.15, 0.2) is 85.1 Å². The fraction of sp³-hybridized carbons (Fsp3) is 0.0417. The number of ether oxygens (including phenoxy) is 1. The molecule has 27 heavy (non-hydrogen) atoms. The lowest BCUT2D eigenvalue weighted by Gasteiger charge is -2.02. The van der Waals surface area contributed by atoms with Gasteiger partial charge in [0.1, 0.15) is 11.6 Å². The van der Waals surface area contributed by atoms with Gasteiger partial charge in [0, 0.05) is 11.8 Å². The van der Waals surface area contributed by atoms with Gasteiger partial charge in [0.15, 0.2) is 0 Å². The van der Waals surface area contributed by atoms with Gasteiger partial charge in [-0.25, -0.2) is 4.98 Å². The second-order valence-electron chi connectivity index (χ2n) is 6.22. The third-order valence-electron chi connectivity index (χ3n) is 4.43. The van der Waals surface area contributed by atoms with Crippen molar-refractivity contribution in [1.29, 1.82) is 0 Å². The van der Waals surface area contributed by atoms with Gasteiger partial charge in [-0.1, -0.05) is 72.8 Å². The molecule has 0 saturated carbocycles. The standard InChI is InChI=1S/C24H20N2O/c1-27-22-14-7-18(8-15-22)9-16-24-25-17-23(26-24)21-12-10-20(11-13-21)19-5-3-2-4-6-19/h2-17H,1H3,(H,25,26)/b16-9+. The van der Waals surface area contributed by atoms with Crippen LogP contribution in [0.2, 0.25) is 0 Å². The molecule has 1 N–H and O–H groups in total. The Morgan fingerprint density at radius 2 is 1.41 bits per heavy atom. The van der Waals surface area contributed by atoms with Crippen LogP contribution in [0.25, 0.3) is 34.5 Å². The van der Waals surface area contributed by atoms with Crippen LogP contribution in [0.4, 0.5) is 0 Å². The van der Waals surface area contributed by atoms with E-state index in [1.807, 2.05) is 48.7 Å².